The standard InChI is InChI=1S/C14H10N2/c1-2-5-11(6-3-1)13-8-4-7-12-9-15-10-16-14(12)13/h1-10H. The van der Waals surface area contributed by atoms with Crippen LogP contribution in [0.1, 0.15) is 0 Å². The molecule has 0 saturated heterocycles. The van der Waals surface area contributed by atoms with Gasteiger partial charge in [0.25, 0.3) is 0 Å². The predicted octanol–water partition coefficient (Wildman–Crippen LogP) is 3.30. The van der Waals surface area contributed by atoms with Gasteiger partial charge in [0.15, 0.2) is 0 Å². The Morgan fingerprint density at radius 2 is 1.69 bits per heavy atom. The van der Waals surface area contributed by atoms with Crippen molar-refractivity contribution in [3.8, 4) is 11.1 Å². The largest absolute Gasteiger partial charge is 0.244 e. The zero-order chi connectivity index (χ0) is 10.8. The van der Waals surface area contributed by atoms with E-state index in [2.05, 4.69) is 28.2 Å². The molecule has 0 saturated carbocycles. The van der Waals surface area contributed by atoms with Gasteiger partial charge in [-0.2, -0.15) is 0 Å². The molecule has 2 heteroatoms. The summed E-state index contributed by atoms with van der Waals surface area (Å²) in [5, 5.41) is 1.07. The molecule has 2 nitrogen and oxygen atoms in total. The average Bonchev–Trinajstić information content (AvgIpc) is 2.39. The molecule has 0 unspecified atom stereocenters. The summed E-state index contributed by atoms with van der Waals surface area (Å²) in [6.45, 7) is 0. The molecule has 0 spiro atoms. The van der Waals surface area contributed by atoms with Crippen molar-refractivity contribution in [2.45, 2.75) is 0 Å². The first kappa shape index (κ1) is 9.04. The molecule has 0 amide bonds. The molecule has 0 aliphatic rings. The number of aromatic nitrogens is 2. The zero-order valence-corrected chi connectivity index (χ0v) is 8.67. The van der Waals surface area contributed by atoms with E-state index in [-0.39, 0.29) is 0 Å². The predicted molar refractivity (Wildman–Crippen MR) is 65.0 cm³/mol. The van der Waals surface area contributed by atoms with Gasteiger partial charge in [-0.15, -0.1) is 0 Å². The van der Waals surface area contributed by atoms with Gasteiger partial charge < -0.3 is 0 Å². The Bertz CT molecular complexity index is 612. The van der Waals surface area contributed by atoms with Gasteiger partial charge >= 0.3 is 0 Å². The Morgan fingerprint density at radius 3 is 2.56 bits per heavy atom. The normalized spacial score (nSPS) is 10.5. The summed E-state index contributed by atoms with van der Waals surface area (Å²) in [6, 6.07) is 16.4. The molecule has 3 aromatic rings. The first-order valence-corrected chi connectivity index (χ1v) is 5.19. The summed E-state index contributed by atoms with van der Waals surface area (Å²) >= 11 is 0. The van der Waals surface area contributed by atoms with Crippen molar-refractivity contribution < 1.29 is 0 Å². The second-order valence-corrected chi connectivity index (χ2v) is 3.63. The van der Waals surface area contributed by atoms with Crippen LogP contribution in [0.3, 0.4) is 0 Å². The lowest BCUT2D eigenvalue weighted by Gasteiger charge is -2.04. The van der Waals surface area contributed by atoms with Gasteiger partial charge in [-0.05, 0) is 5.56 Å². The Balaban J connectivity index is 2.32. The van der Waals surface area contributed by atoms with Crippen LogP contribution in [0.2, 0.25) is 0 Å². The highest BCUT2D eigenvalue weighted by atomic mass is 14.8. The topological polar surface area (TPSA) is 25.8 Å². The number of rotatable bonds is 1. The molecule has 2 aromatic carbocycles. The number of hydrogen-bond donors (Lipinski definition) is 0. The highest BCUT2D eigenvalue weighted by molar-refractivity contribution is 5.92. The molecule has 0 fully saturated rings. The number of fused-ring (bicyclic) bond motifs is 1. The van der Waals surface area contributed by atoms with Crippen molar-refractivity contribution >= 4 is 10.9 Å². The summed E-state index contributed by atoms with van der Waals surface area (Å²) in [5.41, 5.74) is 3.34. The molecule has 0 aliphatic heterocycles. The van der Waals surface area contributed by atoms with Gasteiger partial charge in [0, 0.05) is 17.1 Å². The van der Waals surface area contributed by atoms with Crippen molar-refractivity contribution in [1.82, 2.24) is 9.97 Å². The summed E-state index contributed by atoms with van der Waals surface area (Å²) < 4.78 is 0. The summed E-state index contributed by atoms with van der Waals surface area (Å²) in [4.78, 5) is 8.38. The lowest BCUT2D eigenvalue weighted by molar-refractivity contribution is 1.22. The molecule has 0 bridgehead atoms. The van der Waals surface area contributed by atoms with Crippen LogP contribution in [0.4, 0.5) is 0 Å². The average molecular weight is 206 g/mol. The second-order valence-electron chi connectivity index (χ2n) is 3.63. The lowest BCUT2D eigenvalue weighted by atomic mass is 10.0. The van der Waals surface area contributed by atoms with E-state index in [0.717, 1.165) is 16.5 Å². The molecule has 16 heavy (non-hydrogen) atoms. The smallest absolute Gasteiger partial charge is 0.116 e. The van der Waals surface area contributed by atoms with E-state index in [1.54, 1.807) is 6.33 Å². The number of hydrogen-bond acceptors (Lipinski definition) is 2. The Morgan fingerprint density at radius 1 is 0.812 bits per heavy atom. The van der Waals surface area contributed by atoms with Crippen LogP contribution in [-0.2, 0) is 0 Å². The molecule has 76 valence electrons. The van der Waals surface area contributed by atoms with Gasteiger partial charge in [-0.1, -0.05) is 48.5 Å². The highest BCUT2D eigenvalue weighted by Gasteiger charge is 2.03. The summed E-state index contributed by atoms with van der Waals surface area (Å²) in [7, 11) is 0. The van der Waals surface area contributed by atoms with E-state index in [1.807, 2.05) is 36.5 Å². The highest BCUT2D eigenvalue weighted by Crippen LogP contribution is 2.25. The van der Waals surface area contributed by atoms with Gasteiger partial charge in [-0.25, -0.2) is 9.97 Å². The minimum atomic E-state index is 1.00. The number of nitrogens with zero attached hydrogens (tertiary/aromatic N) is 2. The number of para-hydroxylation sites is 1. The third-order valence-electron chi connectivity index (χ3n) is 2.62. The molecule has 1 aromatic heterocycles. The van der Waals surface area contributed by atoms with E-state index >= 15 is 0 Å². The molecular weight excluding hydrogens is 196 g/mol. The molecule has 0 N–H and O–H groups in total. The van der Waals surface area contributed by atoms with Crippen LogP contribution in [-0.4, -0.2) is 9.97 Å². The van der Waals surface area contributed by atoms with Crippen molar-refractivity contribution in [1.29, 1.82) is 0 Å². The van der Waals surface area contributed by atoms with Crippen LogP contribution in [0.5, 0.6) is 0 Å². The fourth-order valence-electron chi connectivity index (χ4n) is 1.86. The van der Waals surface area contributed by atoms with Gasteiger partial charge in [0.1, 0.15) is 6.33 Å². The first-order chi connectivity index (χ1) is 7.95. The van der Waals surface area contributed by atoms with E-state index in [1.165, 1.54) is 5.56 Å². The quantitative estimate of drug-likeness (QED) is 0.610. The molecule has 0 aliphatic carbocycles. The molecular formula is C14H10N2. The maximum atomic E-state index is 4.35. The monoisotopic (exact) mass is 206 g/mol. The van der Waals surface area contributed by atoms with Gasteiger partial charge in [0.05, 0.1) is 5.52 Å². The summed E-state index contributed by atoms with van der Waals surface area (Å²) in [5.74, 6) is 0. The maximum Gasteiger partial charge on any atom is 0.116 e. The molecule has 1 heterocycles. The third-order valence-corrected chi connectivity index (χ3v) is 2.62. The second kappa shape index (κ2) is 3.74. The maximum absolute atomic E-state index is 4.35. The van der Waals surface area contributed by atoms with Crippen molar-refractivity contribution in [2.24, 2.45) is 0 Å². The zero-order valence-electron chi connectivity index (χ0n) is 8.67. The van der Waals surface area contributed by atoms with Crippen molar-refractivity contribution in [3.63, 3.8) is 0 Å². The van der Waals surface area contributed by atoms with Crippen LogP contribution >= 0.6 is 0 Å². The number of benzene rings is 2. The van der Waals surface area contributed by atoms with Crippen LogP contribution in [0.15, 0.2) is 61.1 Å². The molecule has 0 radical (unpaired) electrons. The van der Waals surface area contributed by atoms with E-state index < -0.39 is 0 Å². The SMILES string of the molecule is c1ccc(-c2cccc3cncnc23)cc1. The van der Waals surface area contributed by atoms with Gasteiger partial charge in [-0.3, -0.25) is 0 Å². The first-order valence-electron chi connectivity index (χ1n) is 5.19. The van der Waals surface area contributed by atoms with Crippen LogP contribution in [0.25, 0.3) is 22.0 Å². The lowest BCUT2D eigenvalue weighted by Crippen LogP contribution is -1.85. The van der Waals surface area contributed by atoms with E-state index in [0.29, 0.717) is 0 Å². The Labute approximate surface area is 93.6 Å². The minimum absolute atomic E-state index is 1.00. The molecule has 0 atom stereocenters. The van der Waals surface area contributed by atoms with E-state index in [4.69, 9.17) is 0 Å². The van der Waals surface area contributed by atoms with Crippen molar-refractivity contribution in [3.05, 3.63) is 61.1 Å². The van der Waals surface area contributed by atoms with E-state index in [9.17, 15) is 0 Å². The Kier molecular flexibility index (Phi) is 2.11. The molecule has 3 rings (SSSR count). The van der Waals surface area contributed by atoms with Crippen LogP contribution < -0.4 is 0 Å². The third kappa shape index (κ3) is 1.44. The van der Waals surface area contributed by atoms with Crippen molar-refractivity contribution in [2.75, 3.05) is 0 Å². The summed E-state index contributed by atoms with van der Waals surface area (Å²) in [6.07, 6.45) is 3.43. The Hall–Kier alpha value is -2.22. The van der Waals surface area contributed by atoms with Gasteiger partial charge in [0.2, 0.25) is 0 Å². The minimum Gasteiger partial charge on any atom is -0.244 e. The fourth-order valence-corrected chi connectivity index (χ4v) is 1.86. The fraction of sp³-hybridized carbons (Fsp3) is 0. The van der Waals surface area contributed by atoms with Crippen LogP contribution in [0, 0.1) is 0 Å².